The molecule has 0 unspecified atom stereocenters. The molecule has 7 nitrogen and oxygen atoms in total. The Morgan fingerprint density at radius 2 is 1.67 bits per heavy atom. The summed E-state index contributed by atoms with van der Waals surface area (Å²) in [6.45, 7) is 4.32. The van der Waals surface area contributed by atoms with Crippen molar-refractivity contribution in [1.82, 2.24) is 5.32 Å². The Labute approximate surface area is 230 Å². The number of methoxy groups -OCH3 is 2. The molecule has 5 rings (SSSR count). The molecular formula is C32H37NO6. The average molecular weight is 532 g/mol. The van der Waals surface area contributed by atoms with E-state index in [1.54, 1.807) is 14.2 Å². The third-order valence-corrected chi connectivity index (χ3v) is 8.03. The van der Waals surface area contributed by atoms with E-state index in [2.05, 4.69) is 5.32 Å². The highest BCUT2D eigenvalue weighted by Gasteiger charge is 2.42. The molecule has 1 aliphatic heterocycles. The summed E-state index contributed by atoms with van der Waals surface area (Å²) in [6.07, 6.45) is 4.84. The average Bonchev–Trinajstić information content (AvgIpc) is 3.45. The van der Waals surface area contributed by atoms with Crippen molar-refractivity contribution in [2.75, 3.05) is 20.8 Å². The maximum atomic E-state index is 13.9. The predicted octanol–water partition coefficient (Wildman–Crippen LogP) is 5.95. The number of dihydropyridines is 1. The molecule has 2 aliphatic carbocycles. The molecule has 2 aromatic rings. The zero-order chi connectivity index (χ0) is 27.5. The number of allylic oxidation sites excluding steroid dienone is 3. The van der Waals surface area contributed by atoms with E-state index in [0.717, 1.165) is 54.0 Å². The molecule has 0 saturated heterocycles. The van der Waals surface area contributed by atoms with Crippen LogP contribution in [0.25, 0.3) is 0 Å². The van der Waals surface area contributed by atoms with Crippen LogP contribution in [0, 0.1) is 0 Å². The number of rotatable bonds is 8. The molecule has 7 heteroatoms. The van der Waals surface area contributed by atoms with Crippen molar-refractivity contribution in [2.45, 2.75) is 70.3 Å². The molecule has 0 aromatic heterocycles. The Hall–Kier alpha value is -3.74. The fraction of sp³-hybridized carbons (Fsp3) is 0.438. The third-order valence-electron chi connectivity index (χ3n) is 8.03. The van der Waals surface area contributed by atoms with Gasteiger partial charge in [-0.2, -0.15) is 0 Å². The number of Topliss-reactive ketones (excluding diaryl/α,β-unsaturated/α-hetero) is 1. The number of hydrogen-bond acceptors (Lipinski definition) is 7. The van der Waals surface area contributed by atoms with Crippen LogP contribution in [-0.4, -0.2) is 38.7 Å². The minimum Gasteiger partial charge on any atom is -0.497 e. The Balaban J connectivity index is 1.55. The van der Waals surface area contributed by atoms with Gasteiger partial charge in [-0.05, 0) is 87.3 Å². The van der Waals surface area contributed by atoms with Crippen LogP contribution in [0.15, 0.2) is 65.0 Å². The van der Waals surface area contributed by atoms with Gasteiger partial charge in [-0.25, -0.2) is 4.79 Å². The number of carbonyl (C=O) groups excluding carboxylic acids is 2. The number of nitrogens with one attached hydrogen (secondary N) is 1. The highest BCUT2D eigenvalue weighted by molar-refractivity contribution is 6.04. The lowest BCUT2D eigenvalue weighted by Gasteiger charge is -2.37. The number of carbonyl (C=O) groups is 2. The van der Waals surface area contributed by atoms with Crippen molar-refractivity contribution < 1.29 is 28.5 Å². The summed E-state index contributed by atoms with van der Waals surface area (Å²) in [6, 6.07) is 13.5. The topological polar surface area (TPSA) is 83.1 Å². The van der Waals surface area contributed by atoms with Gasteiger partial charge in [0.15, 0.2) is 17.3 Å². The van der Waals surface area contributed by atoms with Crippen LogP contribution in [0.5, 0.6) is 17.2 Å². The van der Waals surface area contributed by atoms with E-state index >= 15 is 0 Å². The summed E-state index contributed by atoms with van der Waals surface area (Å²) in [4.78, 5) is 27.6. The SMILES string of the molecule is CCOc1ccc([C@@H]2C(C(=O)OC3CCCC3)=C(C)NC3=C2C(=O)C[C@@H](c2ccc(OC)cc2)C3)cc1OC. The van der Waals surface area contributed by atoms with Crippen LogP contribution in [0.1, 0.15) is 75.3 Å². The van der Waals surface area contributed by atoms with Gasteiger partial charge in [0.25, 0.3) is 0 Å². The van der Waals surface area contributed by atoms with Crippen LogP contribution in [0.3, 0.4) is 0 Å². The summed E-state index contributed by atoms with van der Waals surface area (Å²) < 4.78 is 22.7. The summed E-state index contributed by atoms with van der Waals surface area (Å²) in [5, 5.41) is 3.44. The smallest absolute Gasteiger partial charge is 0.337 e. The lowest BCUT2D eigenvalue weighted by atomic mass is 9.71. The predicted molar refractivity (Wildman–Crippen MR) is 148 cm³/mol. The lowest BCUT2D eigenvalue weighted by Crippen LogP contribution is -2.36. The van der Waals surface area contributed by atoms with Gasteiger partial charge in [-0.1, -0.05) is 18.2 Å². The molecular weight excluding hydrogens is 494 g/mol. The van der Waals surface area contributed by atoms with Gasteiger partial charge in [0.1, 0.15) is 11.9 Å². The normalized spacial score (nSPS) is 21.4. The second kappa shape index (κ2) is 11.6. The van der Waals surface area contributed by atoms with Gasteiger partial charge in [-0.3, -0.25) is 4.79 Å². The van der Waals surface area contributed by atoms with Crippen molar-refractivity contribution in [3.05, 3.63) is 76.1 Å². The van der Waals surface area contributed by atoms with Gasteiger partial charge in [0.05, 0.1) is 26.4 Å². The van der Waals surface area contributed by atoms with Gasteiger partial charge in [0.2, 0.25) is 0 Å². The highest BCUT2D eigenvalue weighted by Crippen LogP contribution is 2.47. The van der Waals surface area contributed by atoms with Gasteiger partial charge in [0, 0.05) is 29.3 Å². The Kier molecular flexibility index (Phi) is 7.96. The quantitative estimate of drug-likeness (QED) is 0.422. The van der Waals surface area contributed by atoms with Crippen molar-refractivity contribution in [3.63, 3.8) is 0 Å². The summed E-state index contributed by atoms with van der Waals surface area (Å²) >= 11 is 0. The number of hydrogen-bond donors (Lipinski definition) is 1. The first-order valence-electron chi connectivity index (χ1n) is 13.8. The lowest BCUT2D eigenvalue weighted by molar-refractivity contribution is -0.144. The standard InChI is InChI=1S/C32H37NO6/c1-5-38-27-15-12-21(18-28(27)37-4)30-29(32(35)39-24-8-6-7-9-24)19(2)33-25-16-22(17-26(34)31(25)30)20-10-13-23(36-3)14-11-20/h10-15,18,22,24,30,33H,5-9,16-17H2,1-4H3/t22-,30+/m0/s1. The molecule has 1 heterocycles. The van der Waals surface area contributed by atoms with Crippen LogP contribution < -0.4 is 19.5 Å². The number of esters is 1. The maximum absolute atomic E-state index is 13.9. The second-order valence-electron chi connectivity index (χ2n) is 10.4. The summed E-state index contributed by atoms with van der Waals surface area (Å²) in [7, 11) is 3.24. The molecule has 206 valence electrons. The van der Waals surface area contributed by atoms with Crippen LogP contribution in [-0.2, 0) is 14.3 Å². The van der Waals surface area contributed by atoms with Crippen LogP contribution in [0.4, 0.5) is 0 Å². The van der Waals surface area contributed by atoms with Gasteiger partial charge in [-0.15, -0.1) is 0 Å². The van der Waals surface area contributed by atoms with Gasteiger partial charge >= 0.3 is 5.97 Å². The molecule has 0 spiro atoms. The van der Waals surface area contributed by atoms with Crippen molar-refractivity contribution in [1.29, 1.82) is 0 Å². The van der Waals surface area contributed by atoms with E-state index in [0.29, 0.717) is 42.1 Å². The molecule has 0 radical (unpaired) electrons. The molecule has 1 saturated carbocycles. The first-order chi connectivity index (χ1) is 18.9. The van der Waals surface area contributed by atoms with E-state index in [4.69, 9.17) is 18.9 Å². The monoisotopic (exact) mass is 531 g/mol. The van der Waals surface area contributed by atoms with E-state index in [1.165, 1.54) is 0 Å². The van der Waals surface area contributed by atoms with Crippen molar-refractivity contribution >= 4 is 11.8 Å². The number of ether oxygens (including phenoxy) is 4. The van der Waals surface area contributed by atoms with Gasteiger partial charge < -0.3 is 24.3 Å². The van der Waals surface area contributed by atoms with Crippen molar-refractivity contribution in [3.8, 4) is 17.2 Å². The van der Waals surface area contributed by atoms with E-state index < -0.39 is 5.92 Å². The Bertz CT molecular complexity index is 1300. The highest BCUT2D eigenvalue weighted by atomic mass is 16.5. The van der Waals surface area contributed by atoms with Crippen LogP contribution >= 0.6 is 0 Å². The van der Waals surface area contributed by atoms with E-state index in [-0.39, 0.29) is 23.8 Å². The minimum absolute atomic E-state index is 0.0288. The molecule has 3 aliphatic rings. The molecule has 1 N–H and O–H groups in total. The molecule has 0 amide bonds. The van der Waals surface area contributed by atoms with E-state index in [1.807, 2.05) is 56.3 Å². The zero-order valence-corrected chi connectivity index (χ0v) is 23.2. The fourth-order valence-electron chi connectivity index (χ4n) is 6.11. The third kappa shape index (κ3) is 5.40. The van der Waals surface area contributed by atoms with E-state index in [9.17, 15) is 9.59 Å². The molecule has 2 atom stereocenters. The molecule has 1 fully saturated rings. The zero-order valence-electron chi connectivity index (χ0n) is 23.2. The Morgan fingerprint density at radius 3 is 2.33 bits per heavy atom. The Morgan fingerprint density at radius 1 is 0.949 bits per heavy atom. The number of ketones is 1. The molecule has 0 bridgehead atoms. The second-order valence-corrected chi connectivity index (χ2v) is 10.4. The number of benzene rings is 2. The fourth-order valence-corrected chi connectivity index (χ4v) is 6.11. The minimum atomic E-state index is -0.552. The maximum Gasteiger partial charge on any atom is 0.337 e. The molecule has 2 aromatic carbocycles. The molecule has 39 heavy (non-hydrogen) atoms. The largest absolute Gasteiger partial charge is 0.497 e. The van der Waals surface area contributed by atoms with Crippen molar-refractivity contribution in [2.24, 2.45) is 0 Å². The summed E-state index contributed by atoms with van der Waals surface area (Å²) in [5.41, 5.74) is 4.60. The van der Waals surface area contributed by atoms with Crippen LogP contribution in [0.2, 0.25) is 0 Å². The first-order valence-corrected chi connectivity index (χ1v) is 13.8. The summed E-state index contributed by atoms with van der Waals surface area (Å²) in [5.74, 6) is 1.12. The first kappa shape index (κ1) is 26.9.